The molecule has 0 aromatic heterocycles. The molecule has 2 atom stereocenters. The van der Waals surface area contributed by atoms with Crippen molar-refractivity contribution in [3.8, 4) is 0 Å². The molecule has 0 N–H and O–H groups in total. The van der Waals surface area contributed by atoms with Crippen molar-refractivity contribution in [3.05, 3.63) is 23.8 Å². The topological polar surface area (TPSA) is 15.6 Å². The Bertz CT molecular complexity index is 358. The maximum Gasteiger partial charge on any atom is 0.0760 e. The molecule has 0 aromatic rings. The van der Waals surface area contributed by atoms with Gasteiger partial charge in [0.1, 0.15) is 0 Å². The van der Waals surface area contributed by atoms with Crippen LogP contribution in [0.15, 0.2) is 28.8 Å². The molecule has 2 rings (SSSR count). The number of fused-ring (bicyclic) bond motifs is 1. The van der Waals surface area contributed by atoms with E-state index < -0.39 is 0 Å². The van der Waals surface area contributed by atoms with Gasteiger partial charge < -0.3 is 4.90 Å². The van der Waals surface area contributed by atoms with E-state index in [1.165, 1.54) is 12.0 Å². The maximum atomic E-state index is 4.57. The van der Waals surface area contributed by atoms with Gasteiger partial charge in [-0.2, -0.15) is 0 Å². The number of aliphatic imine (C=N–C) groups is 1. The molecule has 0 saturated heterocycles. The highest BCUT2D eigenvalue weighted by Gasteiger charge is 2.27. The Morgan fingerprint density at radius 3 is 2.88 bits per heavy atom. The van der Waals surface area contributed by atoms with Gasteiger partial charge in [-0.15, -0.1) is 0 Å². The second kappa shape index (κ2) is 4.77. The maximum absolute atomic E-state index is 4.57. The Morgan fingerprint density at radius 1 is 1.41 bits per heavy atom. The van der Waals surface area contributed by atoms with Crippen molar-refractivity contribution < 1.29 is 0 Å². The van der Waals surface area contributed by atoms with Crippen LogP contribution in [0.2, 0.25) is 0 Å². The summed E-state index contributed by atoms with van der Waals surface area (Å²) in [6, 6.07) is 1.05. The number of dihydropyridines is 1. The van der Waals surface area contributed by atoms with Crippen LogP contribution >= 0.6 is 0 Å². The van der Waals surface area contributed by atoms with E-state index in [4.69, 9.17) is 0 Å². The molecule has 0 fully saturated rings. The van der Waals surface area contributed by atoms with Crippen LogP contribution in [0.4, 0.5) is 0 Å². The number of nitrogens with zero attached hydrogens (tertiary/aromatic N) is 2. The fourth-order valence-electron chi connectivity index (χ4n) is 2.77. The summed E-state index contributed by atoms with van der Waals surface area (Å²) in [7, 11) is 2.25. The van der Waals surface area contributed by atoms with Crippen LogP contribution in [0.5, 0.6) is 0 Å². The van der Waals surface area contributed by atoms with Crippen LogP contribution < -0.4 is 0 Å². The monoisotopic (exact) mass is 232 g/mol. The van der Waals surface area contributed by atoms with E-state index in [0.717, 1.165) is 13.0 Å². The lowest BCUT2D eigenvalue weighted by atomic mass is 9.87. The molecular formula is C15H24N2. The number of allylic oxidation sites excluding steroid dienone is 1. The minimum atomic E-state index is 0.370. The highest BCUT2D eigenvalue weighted by Crippen LogP contribution is 2.28. The third-order valence-electron chi connectivity index (χ3n) is 3.49. The average molecular weight is 232 g/mol. The molecule has 2 nitrogen and oxygen atoms in total. The lowest BCUT2D eigenvalue weighted by molar-refractivity contribution is 0.158. The predicted octanol–water partition coefficient (Wildman–Crippen LogP) is 3.06. The molecule has 0 bridgehead atoms. The van der Waals surface area contributed by atoms with E-state index in [0.29, 0.717) is 17.5 Å². The van der Waals surface area contributed by atoms with Crippen molar-refractivity contribution >= 4 is 6.21 Å². The van der Waals surface area contributed by atoms with Crippen LogP contribution in [0, 0.1) is 5.41 Å². The summed E-state index contributed by atoms with van der Waals surface area (Å²) >= 11 is 0. The fourth-order valence-corrected chi connectivity index (χ4v) is 2.77. The number of hydrogen-bond donors (Lipinski definition) is 0. The van der Waals surface area contributed by atoms with Crippen molar-refractivity contribution in [1.29, 1.82) is 0 Å². The van der Waals surface area contributed by atoms with Gasteiger partial charge in [-0.25, -0.2) is 0 Å². The van der Waals surface area contributed by atoms with Crippen molar-refractivity contribution in [2.75, 3.05) is 13.6 Å². The van der Waals surface area contributed by atoms with Crippen LogP contribution in [0.1, 0.15) is 33.6 Å². The molecule has 94 valence electrons. The first-order valence-electron chi connectivity index (χ1n) is 6.56. The zero-order valence-corrected chi connectivity index (χ0v) is 11.5. The molecule has 0 amide bonds. The summed E-state index contributed by atoms with van der Waals surface area (Å²) in [6.45, 7) is 8.05. The Kier molecular flexibility index (Phi) is 3.53. The quantitative estimate of drug-likeness (QED) is 0.714. The zero-order valence-electron chi connectivity index (χ0n) is 11.5. The fraction of sp³-hybridized carbons (Fsp3) is 0.667. The molecule has 2 unspecified atom stereocenters. The molecule has 2 heteroatoms. The van der Waals surface area contributed by atoms with Gasteiger partial charge in [0.05, 0.1) is 6.04 Å². The molecule has 1 aliphatic carbocycles. The SMILES string of the molecule is CN(CC(C)(C)C)C1CC=C2C=CC=NC2C1. The highest BCUT2D eigenvalue weighted by atomic mass is 15.1. The third-order valence-corrected chi connectivity index (χ3v) is 3.49. The summed E-state index contributed by atoms with van der Waals surface area (Å²) in [5.74, 6) is 0. The van der Waals surface area contributed by atoms with E-state index >= 15 is 0 Å². The number of rotatable bonds is 2. The Labute approximate surface area is 105 Å². The van der Waals surface area contributed by atoms with Gasteiger partial charge in [-0.3, -0.25) is 4.99 Å². The van der Waals surface area contributed by atoms with Crippen molar-refractivity contribution in [3.63, 3.8) is 0 Å². The molecule has 0 spiro atoms. The van der Waals surface area contributed by atoms with E-state index in [2.05, 4.69) is 49.9 Å². The van der Waals surface area contributed by atoms with Gasteiger partial charge in [0.25, 0.3) is 0 Å². The van der Waals surface area contributed by atoms with Crippen molar-refractivity contribution in [1.82, 2.24) is 4.90 Å². The lowest BCUT2D eigenvalue weighted by Crippen LogP contribution is -2.41. The van der Waals surface area contributed by atoms with Gasteiger partial charge in [0, 0.05) is 18.8 Å². The highest BCUT2D eigenvalue weighted by molar-refractivity contribution is 5.74. The summed E-state index contributed by atoms with van der Waals surface area (Å²) in [5.41, 5.74) is 1.78. The lowest BCUT2D eigenvalue weighted by Gasteiger charge is -2.37. The van der Waals surface area contributed by atoms with E-state index in [-0.39, 0.29) is 0 Å². The van der Waals surface area contributed by atoms with Gasteiger partial charge in [0.15, 0.2) is 0 Å². The first-order chi connectivity index (χ1) is 7.96. The van der Waals surface area contributed by atoms with Gasteiger partial charge in [0.2, 0.25) is 0 Å². The number of hydrogen-bond acceptors (Lipinski definition) is 2. The molecule has 2 aliphatic rings. The normalized spacial score (nSPS) is 28.2. The van der Waals surface area contributed by atoms with Crippen LogP contribution in [0.3, 0.4) is 0 Å². The first-order valence-corrected chi connectivity index (χ1v) is 6.56. The summed E-state index contributed by atoms with van der Waals surface area (Å²) in [5, 5.41) is 0. The second-order valence-corrected chi connectivity index (χ2v) is 6.48. The van der Waals surface area contributed by atoms with E-state index in [9.17, 15) is 0 Å². The molecule has 1 aliphatic heterocycles. The van der Waals surface area contributed by atoms with Crippen LogP contribution in [-0.2, 0) is 0 Å². The van der Waals surface area contributed by atoms with Gasteiger partial charge in [-0.05, 0) is 37.0 Å². The van der Waals surface area contributed by atoms with Crippen molar-refractivity contribution in [2.24, 2.45) is 10.4 Å². The average Bonchev–Trinajstić information content (AvgIpc) is 2.26. The summed E-state index contributed by atoms with van der Waals surface area (Å²) < 4.78 is 0. The van der Waals surface area contributed by atoms with Crippen molar-refractivity contribution in [2.45, 2.75) is 45.7 Å². The zero-order chi connectivity index (χ0) is 12.5. The smallest absolute Gasteiger partial charge is 0.0760 e. The predicted molar refractivity (Wildman–Crippen MR) is 74.6 cm³/mol. The largest absolute Gasteiger partial charge is 0.302 e. The van der Waals surface area contributed by atoms with Gasteiger partial charge in [-0.1, -0.05) is 32.9 Å². The first kappa shape index (κ1) is 12.6. The summed E-state index contributed by atoms with van der Waals surface area (Å²) in [4.78, 5) is 7.07. The minimum Gasteiger partial charge on any atom is -0.302 e. The Balaban J connectivity index is 1.99. The van der Waals surface area contributed by atoms with Gasteiger partial charge >= 0.3 is 0 Å². The van der Waals surface area contributed by atoms with Crippen LogP contribution in [0.25, 0.3) is 0 Å². The molecule has 0 radical (unpaired) electrons. The Hall–Kier alpha value is -0.890. The Morgan fingerprint density at radius 2 is 2.18 bits per heavy atom. The molecular weight excluding hydrogens is 208 g/mol. The third kappa shape index (κ3) is 3.29. The summed E-state index contributed by atoms with van der Waals surface area (Å²) in [6.07, 6.45) is 10.9. The standard InChI is InChI=1S/C15H24N2/c1-15(2,3)11-17(4)13-8-7-12-6-5-9-16-14(12)10-13/h5-7,9,13-14H,8,10-11H2,1-4H3. The van der Waals surface area contributed by atoms with Crippen LogP contribution in [-0.4, -0.2) is 36.8 Å². The van der Waals surface area contributed by atoms with E-state index in [1.807, 2.05) is 12.3 Å². The molecule has 1 heterocycles. The second-order valence-electron chi connectivity index (χ2n) is 6.48. The minimum absolute atomic E-state index is 0.370. The van der Waals surface area contributed by atoms with E-state index in [1.54, 1.807) is 0 Å². The molecule has 17 heavy (non-hydrogen) atoms. The molecule has 0 saturated carbocycles. The molecule has 0 aromatic carbocycles.